The van der Waals surface area contributed by atoms with E-state index in [0.29, 0.717) is 19.0 Å². The van der Waals surface area contributed by atoms with Crippen LogP contribution in [0.4, 0.5) is 10.7 Å². The van der Waals surface area contributed by atoms with E-state index < -0.39 is 5.60 Å². The van der Waals surface area contributed by atoms with Crippen molar-refractivity contribution in [2.75, 3.05) is 38.5 Å². The molecule has 2 aromatic rings. The quantitative estimate of drug-likeness (QED) is 0.922. The molecule has 1 aliphatic heterocycles. The predicted octanol–water partition coefficient (Wildman–Crippen LogP) is 2.17. The Bertz CT molecular complexity index is 741. The molecule has 1 aromatic heterocycles. The number of nitrogens with zero attached hydrogens (tertiary/aromatic N) is 4. The molecule has 1 aliphatic rings. The number of piperazine rings is 1. The molecule has 1 saturated heterocycles. The number of anilines is 1. The number of nitrogens with two attached hydrogens (primary N) is 1. The van der Waals surface area contributed by atoms with E-state index in [1.165, 1.54) is 0 Å². The molecule has 0 bridgehead atoms. The molecule has 0 unspecified atom stereocenters. The largest absolute Gasteiger partial charge is 0.444 e. The summed E-state index contributed by atoms with van der Waals surface area (Å²) in [4.78, 5) is 20.6. The van der Waals surface area contributed by atoms with Gasteiger partial charge in [-0.2, -0.15) is 0 Å². The summed E-state index contributed by atoms with van der Waals surface area (Å²) in [7, 11) is 0. The minimum absolute atomic E-state index is 0.225. The number of imidazole rings is 1. The number of benzene rings is 1. The Morgan fingerprint density at radius 1 is 1.16 bits per heavy atom. The van der Waals surface area contributed by atoms with Crippen LogP contribution in [0.15, 0.2) is 24.3 Å². The van der Waals surface area contributed by atoms with Crippen molar-refractivity contribution in [2.45, 2.75) is 32.9 Å². The molecule has 0 radical (unpaired) electrons. The number of hydrogen-bond acceptors (Lipinski definition) is 5. The molecule has 7 heteroatoms. The van der Waals surface area contributed by atoms with Crippen LogP contribution in [0, 0.1) is 0 Å². The van der Waals surface area contributed by atoms with Gasteiger partial charge in [-0.1, -0.05) is 12.1 Å². The zero-order valence-corrected chi connectivity index (χ0v) is 15.2. The average Bonchev–Trinajstić information content (AvgIpc) is 2.87. The molecule has 0 aliphatic carbocycles. The molecule has 7 nitrogen and oxygen atoms in total. The van der Waals surface area contributed by atoms with Crippen LogP contribution in [0.3, 0.4) is 0 Å². The summed E-state index contributed by atoms with van der Waals surface area (Å²) < 4.78 is 7.49. The summed E-state index contributed by atoms with van der Waals surface area (Å²) in [5.41, 5.74) is 7.59. The van der Waals surface area contributed by atoms with Crippen molar-refractivity contribution in [3.63, 3.8) is 0 Å². The van der Waals surface area contributed by atoms with Crippen LogP contribution in [-0.4, -0.2) is 63.8 Å². The fourth-order valence-electron chi connectivity index (χ4n) is 3.05. The number of fused-ring (bicyclic) bond motifs is 1. The van der Waals surface area contributed by atoms with E-state index in [-0.39, 0.29) is 6.09 Å². The summed E-state index contributed by atoms with van der Waals surface area (Å²) in [6, 6.07) is 7.98. The fraction of sp³-hybridized carbons (Fsp3) is 0.556. The van der Waals surface area contributed by atoms with Gasteiger partial charge in [0.25, 0.3) is 0 Å². The van der Waals surface area contributed by atoms with Crippen LogP contribution in [-0.2, 0) is 11.3 Å². The highest BCUT2D eigenvalue weighted by atomic mass is 16.6. The van der Waals surface area contributed by atoms with Crippen LogP contribution in [0.1, 0.15) is 20.8 Å². The molecule has 2 heterocycles. The maximum Gasteiger partial charge on any atom is 0.410 e. The Kier molecular flexibility index (Phi) is 4.85. The molecule has 2 N–H and O–H groups in total. The second kappa shape index (κ2) is 6.92. The van der Waals surface area contributed by atoms with Crippen molar-refractivity contribution in [1.29, 1.82) is 0 Å². The first-order chi connectivity index (χ1) is 11.8. The predicted molar refractivity (Wildman–Crippen MR) is 98.4 cm³/mol. The molecule has 1 fully saturated rings. The minimum Gasteiger partial charge on any atom is -0.444 e. The van der Waals surface area contributed by atoms with Crippen molar-refractivity contribution in [2.24, 2.45) is 0 Å². The van der Waals surface area contributed by atoms with Crippen molar-refractivity contribution in [3.05, 3.63) is 24.3 Å². The number of nitrogen functional groups attached to an aromatic ring is 1. The van der Waals surface area contributed by atoms with Crippen LogP contribution >= 0.6 is 0 Å². The Morgan fingerprint density at radius 2 is 1.84 bits per heavy atom. The zero-order valence-electron chi connectivity index (χ0n) is 15.2. The Morgan fingerprint density at radius 3 is 2.52 bits per heavy atom. The second-order valence-electron chi connectivity index (χ2n) is 7.42. The van der Waals surface area contributed by atoms with Gasteiger partial charge in [0.05, 0.1) is 11.0 Å². The number of hydrogen-bond donors (Lipinski definition) is 1. The third-order valence-corrected chi connectivity index (χ3v) is 4.35. The second-order valence-corrected chi connectivity index (χ2v) is 7.42. The zero-order chi connectivity index (χ0) is 18.0. The van der Waals surface area contributed by atoms with E-state index in [9.17, 15) is 4.79 Å². The maximum absolute atomic E-state index is 12.1. The standard InChI is InChI=1S/C18H27N5O2/c1-18(2,3)25-17(24)22-11-8-21(9-12-22)10-13-23-15-7-5-4-6-14(15)20-16(23)19/h4-7H,8-13H2,1-3H3,(H2,19,20). The highest BCUT2D eigenvalue weighted by Gasteiger charge is 2.25. The van der Waals surface area contributed by atoms with Crippen LogP contribution in [0.2, 0.25) is 0 Å². The molecule has 0 spiro atoms. The number of para-hydroxylation sites is 2. The molecular formula is C18H27N5O2. The smallest absolute Gasteiger partial charge is 0.410 e. The Hall–Kier alpha value is -2.28. The average molecular weight is 345 g/mol. The van der Waals surface area contributed by atoms with E-state index in [1.54, 1.807) is 4.90 Å². The van der Waals surface area contributed by atoms with Crippen molar-refractivity contribution < 1.29 is 9.53 Å². The van der Waals surface area contributed by atoms with Crippen molar-refractivity contribution in [3.8, 4) is 0 Å². The molecule has 0 atom stereocenters. The molecule has 25 heavy (non-hydrogen) atoms. The third-order valence-electron chi connectivity index (χ3n) is 4.35. The van der Waals surface area contributed by atoms with Gasteiger partial charge in [0, 0.05) is 39.3 Å². The first-order valence-corrected chi connectivity index (χ1v) is 8.74. The van der Waals surface area contributed by atoms with Crippen LogP contribution < -0.4 is 5.73 Å². The van der Waals surface area contributed by atoms with Crippen LogP contribution in [0.25, 0.3) is 11.0 Å². The molecule has 0 saturated carbocycles. The molecule has 1 amide bonds. The highest BCUT2D eigenvalue weighted by Crippen LogP contribution is 2.17. The van der Waals surface area contributed by atoms with Gasteiger partial charge in [-0.25, -0.2) is 9.78 Å². The van der Waals surface area contributed by atoms with Gasteiger partial charge in [0.1, 0.15) is 5.60 Å². The van der Waals surface area contributed by atoms with E-state index in [1.807, 2.05) is 45.0 Å². The Balaban J connectivity index is 1.53. The van der Waals surface area contributed by atoms with Crippen molar-refractivity contribution in [1.82, 2.24) is 19.4 Å². The summed E-state index contributed by atoms with van der Waals surface area (Å²) in [5.74, 6) is 0.550. The number of carbonyl (C=O) groups excluding carboxylic acids is 1. The lowest BCUT2D eigenvalue weighted by Crippen LogP contribution is -2.50. The SMILES string of the molecule is CC(C)(C)OC(=O)N1CCN(CCn2c(N)nc3ccccc32)CC1. The fourth-order valence-corrected chi connectivity index (χ4v) is 3.05. The van der Waals surface area contributed by atoms with E-state index >= 15 is 0 Å². The van der Waals surface area contributed by atoms with E-state index in [4.69, 9.17) is 10.5 Å². The van der Waals surface area contributed by atoms with Gasteiger partial charge in [-0.05, 0) is 32.9 Å². The third kappa shape index (κ3) is 4.22. The maximum atomic E-state index is 12.1. The summed E-state index contributed by atoms with van der Waals surface area (Å²) >= 11 is 0. The van der Waals surface area contributed by atoms with Gasteiger partial charge < -0.3 is 19.9 Å². The van der Waals surface area contributed by atoms with Crippen molar-refractivity contribution >= 4 is 23.1 Å². The molecule has 1 aromatic carbocycles. The normalized spacial score (nSPS) is 16.4. The number of aromatic nitrogens is 2. The molecule has 136 valence electrons. The summed E-state index contributed by atoms with van der Waals surface area (Å²) in [6.45, 7) is 10.4. The van der Waals surface area contributed by atoms with E-state index in [2.05, 4.69) is 14.5 Å². The van der Waals surface area contributed by atoms with Gasteiger partial charge in [0.2, 0.25) is 5.95 Å². The molecule has 3 rings (SSSR count). The number of amides is 1. The number of carbonyl (C=O) groups is 1. The summed E-state index contributed by atoms with van der Waals surface area (Å²) in [6.07, 6.45) is -0.225. The van der Waals surface area contributed by atoms with E-state index in [0.717, 1.165) is 37.2 Å². The lowest BCUT2D eigenvalue weighted by molar-refractivity contribution is 0.0143. The molecular weight excluding hydrogens is 318 g/mol. The monoisotopic (exact) mass is 345 g/mol. The van der Waals surface area contributed by atoms with Gasteiger partial charge >= 0.3 is 6.09 Å². The summed E-state index contributed by atoms with van der Waals surface area (Å²) in [5, 5.41) is 0. The van der Waals surface area contributed by atoms with Gasteiger partial charge in [-0.15, -0.1) is 0 Å². The first kappa shape index (κ1) is 17.5. The topological polar surface area (TPSA) is 76.6 Å². The highest BCUT2D eigenvalue weighted by molar-refractivity contribution is 5.78. The van der Waals surface area contributed by atoms with Gasteiger partial charge in [-0.3, -0.25) is 4.90 Å². The van der Waals surface area contributed by atoms with Crippen LogP contribution in [0.5, 0.6) is 0 Å². The number of ether oxygens (including phenoxy) is 1. The first-order valence-electron chi connectivity index (χ1n) is 8.74. The lowest BCUT2D eigenvalue weighted by atomic mass is 10.2. The number of rotatable bonds is 3. The Labute approximate surface area is 148 Å². The minimum atomic E-state index is -0.450. The lowest BCUT2D eigenvalue weighted by Gasteiger charge is -2.35. The van der Waals surface area contributed by atoms with Gasteiger partial charge in [0.15, 0.2) is 0 Å².